The van der Waals surface area contributed by atoms with Crippen LogP contribution < -0.4 is 5.32 Å². The molecule has 0 spiro atoms. The van der Waals surface area contributed by atoms with Crippen molar-refractivity contribution in [2.45, 2.75) is 6.54 Å². The fraction of sp³-hybridized carbons (Fsp3) is 0.0556. The monoisotopic (exact) mass is 364 g/mol. The maximum atomic E-state index is 12.3. The third kappa shape index (κ3) is 3.25. The highest BCUT2D eigenvalue weighted by atomic mass is 35.5. The first-order valence-corrected chi connectivity index (χ1v) is 8.20. The molecule has 4 aromatic heterocycles. The number of fused-ring (bicyclic) bond motifs is 1. The summed E-state index contributed by atoms with van der Waals surface area (Å²) in [6.45, 7) is 0.116. The van der Waals surface area contributed by atoms with E-state index in [1.165, 1.54) is 0 Å². The molecule has 0 aromatic carbocycles. The van der Waals surface area contributed by atoms with Crippen molar-refractivity contribution in [2.75, 3.05) is 5.32 Å². The van der Waals surface area contributed by atoms with E-state index in [1.807, 2.05) is 12.1 Å². The molecule has 1 N–H and O–H groups in total. The van der Waals surface area contributed by atoms with Gasteiger partial charge in [0.15, 0.2) is 0 Å². The van der Waals surface area contributed by atoms with Gasteiger partial charge in [-0.25, -0.2) is 9.97 Å². The van der Waals surface area contributed by atoms with Gasteiger partial charge in [0.05, 0.1) is 16.9 Å². The van der Waals surface area contributed by atoms with E-state index < -0.39 is 0 Å². The number of hydrogen-bond acceptors (Lipinski definition) is 5. The van der Waals surface area contributed by atoms with Crippen LogP contribution in [0, 0.1) is 0 Å². The second kappa shape index (κ2) is 6.89. The largest absolute Gasteiger partial charge is 0.323 e. The number of rotatable bonds is 4. The molecule has 1 amide bonds. The fourth-order valence-electron chi connectivity index (χ4n) is 2.59. The van der Waals surface area contributed by atoms with Crippen molar-refractivity contribution >= 4 is 34.4 Å². The summed E-state index contributed by atoms with van der Waals surface area (Å²) in [7, 11) is 0. The first-order chi connectivity index (χ1) is 12.7. The number of halogens is 1. The summed E-state index contributed by atoms with van der Waals surface area (Å²) >= 11 is 6.13. The average molecular weight is 365 g/mol. The normalized spacial score (nSPS) is 10.8. The number of nitrogens with zero attached hydrogens (tertiary/aromatic N) is 5. The number of anilines is 1. The van der Waals surface area contributed by atoms with E-state index in [1.54, 1.807) is 53.9 Å². The number of hydrogen-bond donors (Lipinski definition) is 1. The van der Waals surface area contributed by atoms with Crippen LogP contribution >= 0.6 is 11.6 Å². The van der Waals surface area contributed by atoms with Gasteiger partial charge in [0.25, 0.3) is 0 Å². The molecule has 0 atom stereocenters. The quantitative estimate of drug-likeness (QED) is 0.601. The minimum Gasteiger partial charge on any atom is -0.323 e. The Morgan fingerprint density at radius 2 is 1.96 bits per heavy atom. The third-order valence-corrected chi connectivity index (χ3v) is 4.14. The van der Waals surface area contributed by atoms with E-state index in [9.17, 15) is 4.79 Å². The van der Waals surface area contributed by atoms with Gasteiger partial charge in [-0.2, -0.15) is 0 Å². The highest BCUT2D eigenvalue weighted by Gasteiger charge is 2.10. The predicted molar refractivity (Wildman–Crippen MR) is 98.6 cm³/mol. The first-order valence-electron chi connectivity index (χ1n) is 7.82. The van der Waals surface area contributed by atoms with E-state index in [0.717, 1.165) is 16.6 Å². The molecule has 0 aliphatic heterocycles. The summed E-state index contributed by atoms with van der Waals surface area (Å²) in [6.07, 6.45) is 9.93. The van der Waals surface area contributed by atoms with Crippen LogP contribution in [0.5, 0.6) is 0 Å². The Morgan fingerprint density at radius 3 is 2.73 bits per heavy atom. The zero-order valence-electron chi connectivity index (χ0n) is 13.5. The van der Waals surface area contributed by atoms with E-state index in [4.69, 9.17) is 11.6 Å². The van der Waals surface area contributed by atoms with Gasteiger partial charge in [-0.15, -0.1) is 0 Å². The third-order valence-electron chi connectivity index (χ3n) is 3.81. The maximum Gasteiger partial charge on any atom is 0.245 e. The van der Waals surface area contributed by atoms with Crippen LogP contribution in [0.25, 0.3) is 22.3 Å². The number of carbonyl (C=O) groups excluding carboxylic acids is 1. The fourth-order valence-corrected chi connectivity index (χ4v) is 2.79. The Morgan fingerprint density at radius 1 is 1.04 bits per heavy atom. The van der Waals surface area contributed by atoms with Gasteiger partial charge in [0.1, 0.15) is 18.0 Å². The van der Waals surface area contributed by atoms with Crippen molar-refractivity contribution in [3.63, 3.8) is 0 Å². The number of amides is 1. The summed E-state index contributed by atoms with van der Waals surface area (Å²) in [6, 6.07) is 7.12. The molecule has 0 aliphatic carbocycles. The van der Waals surface area contributed by atoms with Crippen LogP contribution in [-0.2, 0) is 11.3 Å². The van der Waals surface area contributed by atoms with Crippen molar-refractivity contribution in [1.29, 1.82) is 0 Å². The van der Waals surface area contributed by atoms with Gasteiger partial charge >= 0.3 is 0 Å². The lowest BCUT2D eigenvalue weighted by Gasteiger charge is -2.07. The molecular weight excluding hydrogens is 352 g/mol. The summed E-state index contributed by atoms with van der Waals surface area (Å²) < 4.78 is 1.74. The van der Waals surface area contributed by atoms with Crippen molar-refractivity contribution in [2.24, 2.45) is 0 Å². The Balaban J connectivity index is 1.47. The zero-order chi connectivity index (χ0) is 17.9. The number of aromatic nitrogens is 5. The standard InChI is InChI=1S/C18H13ClN6O/c19-14-3-5-22-18-13(14)4-8-25(18)11-17(26)24-16-2-1-12(9-23-16)15-10-20-6-7-21-15/h1-10H,11H2,(H,23,24,26). The lowest BCUT2D eigenvalue weighted by Crippen LogP contribution is -2.19. The van der Waals surface area contributed by atoms with Crippen molar-refractivity contribution in [1.82, 2.24) is 24.5 Å². The molecule has 4 rings (SSSR count). The Bertz CT molecular complexity index is 1060. The molecule has 0 aliphatic rings. The lowest BCUT2D eigenvalue weighted by molar-refractivity contribution is -0.116. The molecule has 128 valence electrons. The van der Waals surface area contributed by atoms with E-state index in [0.29, 0.717) is 16.5 Å². The van der Waals surface area contributed by atoms with Gasteiger partial charge in [-0.05, 0) is 24.3 Å². The second-order valence-corrected chi connectivity index (χ2v) is 5.95. The van der Waals surface area contributed by atoms with Crippen LogP contribution in [-0.4, -0.2) is 30.4 Å². The van der Waals surface area contributed by atoms with Gasteiger partial charge in [-0.1, -0.05) is 11.6 Å². The average Bonchev–Trinajstić information content (AvgIpc) is 3.07. The van der Waals surface area contributed by atoms with Crippen molar-refractivity contribution in [3.05, 3.63) is 66.5 Å². The summed E-state index contributed by atoms with van der Waals surface area (Å²) in [5.74, 6) is 0.258. The zero-order valence-corrected chi connectivity index (χ0v) is 14.3. The topological polar surface area (TPSA) is 85.6 Å². The number of nitrogens with one attached hydrogen (secondary N) is 1. The lowest BCUT2D eigenvalue weighted by atomic mass is 10.2. The minimum absolute atomic E-state index is 0.116. The maximum absolute atomic E-state index is 12.3. The van der Waals surface area contributed by atoms with Crippen molar-refractivity contribution in [3.8, 4) is 11.3 Å². The van der Waals surface area contributed by atoms with Gasteiger partial charge < -0.3 is 9.88 Å². The molecule has 0 unspecified atom stereocenters. The number of pyridine rings is 2. The summed E-state index contributed by atoms with van der Waals surface area (Å²) in [5.41, 5.74) is 2.21. The summed E-state index contributed by atoms with van der Waals surface area (Å²) in [5, 5.41) is 4.19. The van der Waals surface area contributed by atoms with E-state index >= 15 is 0 Å². The number of carbonyl (C=O) groups is 1. The second-order valence-electron chi connectivity index (χ2n) is 5.54. The Hall–Kier alpha value is -3.32. The molecule has 0 radical (unpaired) electrons. The SMILES string of the molecule is O=C(Cn1ccc2c(Cl)ccnc21)Nc1ccc(-c2cnccn2)cn1. The molecular formula is C18H13ClN6O. The molecule has 7 nitrogen and oxygen atoms in total. The van der Waals surface area contributed by atoms with Crippen LogP contribution in [0.2, 0.25) is 5.02 Å². The molecule has 0 saturated carbocycles. The molecule has 0 bridgehead atoms. The molecule has 4 aromatic rings. The van der Waals surface area contributed by atoms with Gasteiger partial charge in [-0.3, -0.25) is 14.8 Å². The van der Waals surface area contributed by atoms with Crippen LogP contribution in [0.15, 0.2) is 61.4 Å². The highest BCUT2D eigenvalue weighted by Crippen LogP contribution is 2.22. The smallest absolute Gasteiger partial charge is 0.245 e. The van der Waals surface area contributed by atoms with E-state index in [-0.39, 0.29) is 12.5 Å². The van der Waals surface area contributed by atoms with Crippen LogP contribution in [0.3, 0.4) is 0 Å². The summed E-state index contributed by atoms with van der Waals surface area (Å²) in [4.78, 5) is 29.1. The molecule has 4 heterocycles. The molecule has 26 heavy (non-hydrogen) atoms. The van der Waals surface area contributed by atoms with Crippen molar-refractivity contribution < 1.29 is 4.79 Å². The van der Waals surface area contributed by atoms with Crippen LogP contribution in [0.1, 0.15) is 0 Å². The van der Waals surface area contributed by atoms with Gasteiger partial charge in [0.2, 0.25) is 5.91 Å². The molecule has 0 saturated heterocycles. The predicted octanol–water partition coefficient (Wildman–Crippen LogP) is 3.18. The van der Waals surface area contributed by atoms with Gasteiger partial charge in [0, 0.05) is 41.9 Å². The Kier molecular flexibility index (Phi) is 4.28. The Labute approximate surface area is 153 Å². The highest BCUT2D eigenvalue weighted by molar-refractivity contribution is 6.35. The van der Waals surface area contributed by atoms with E-state index in [2.05, 4.69) is 25.3 Å². The first kappa shape index (κ1) is 16.2. The molecule has 8 heteroatoms. The van der Waals surface area contributed by atoms with Crippen LogP contribution in [0.4, 0.5) is 5.82 Å². The minimum atomic E-state index is -0.205. The molecule has 0 fully saturated rings.